The largest absolute Gasteiger partial charge is 0.470 e. The van der Waals surface area contributed by atoms with Crippen molar-refractivity contribution in [2.75, 3.05) is 6.54 Å². The molecule has 32 heavy (non-hydrogen) atoms. The molecule has 180 valence electrons. The molecule has 2 unspecified atom stereocenters. The zero-order chi connectivity index (χ0) is 24.3. The zero-order valence-electron chi connectivity index (χ0n) is 19.4. The Morgan fingerprint density at radius 1 is 1.19 bits per heavy atom. The fourth-order valence-corrected chi connectivity index (χ4v) is 3.25. The fourth-order valence-electron chi connectivity index (χ4n) is 3.25. The minimum atomic E-state index is -4.64. The SMILES string of the molecule is CC(C(=O)NC1CCCCN1C(=O)OC(C)(C)C)C(C)(C)Oc1ncccc1C(F)(F)F. The second kappa shape index (κ2) is 9.54. The van der Waals surface area contributed by atoms with Gasteiger partial charge in [-0.1, -0.05) is 0 Å². The van der Waals surface area contributed by atoms with Gasteiger partial charge in [0.15, 0.2) is 0 Å². The number of nitrogens with zero attached hydrogens (tertiary/aromatic N) is 2. The second-order valence-electron chi connectivity index (χ2n) is 9.47. The summed E-state index contributed by atoms with van der Waals surface area (Å²) in [5, 5.41) is 2.84. The lowest BCUT2D eigenvalue weighted by Crippen LogP contribution is -2.57. The molecule has 1 aromatic heterocycles. The summed E-state index contributed by atoms with van der Waals surface area (Å²) in [7, 11) is 0. The van der Waals surface area contributed by atoms with Crippen LogP contribution < -0.4 is 10.1 Å². The molecule has 1 fully saturated rings. The van der Waals surface area contributed by atoms with Gasteiger partial charge in [0.1, 0.15) is 22.9 Å². The molecule has 0 spiro atoms. The molecule has 2 atom stereocenters. The maximum Gasteiger partial charge on any atom is 0.421 e. The van der Waals surface area contributed by atoms with Gasteiger partial charge in [0.05, 0.1) is 5.92 Å². The van der Waals surface area contributed by atoms with Crippen molar-refractivity contribution in [1.82, 2.24) is 15.2 Å². The lowest BCUT2D eigenvalue weighted by Gasteiger charge is -2.38. The smallest absolute Gasteiger partial charge is 0.421 e. The molecule has 0 radical (unpaired) electrons. The monoisotopic (exact) mass is 459 g/mol. The number of hydrogen-bond acceptors (Lipinski definition) is 5. The number of halogens is 3. The lowest BCUT2D eigenvalue weighted by atomic mass is 9.91. The van der Waals surface area contributed by atoms with Crippen LogP contribution in [-0.2, 0) is 15.7 Å². The van der Waals surface area contributed by atoms with Crippen molar-refractivity contribution in [3.63, 3.8) is 0 Å². The fraction of sp³-hybridized carbons (Fsp3) is 0.682. The van der Waals surface area contributed by atoms with Gasteiger partial charge in [0, 0.05) is 12.7 Å². The van der Waals surface area contributed by atoms with E-state index in [1.54, 1.807) is 27.7 Å². The predicted molar refractivity (Wildman–Crippen MR) is 112 cm³/mol. The average molecular weight is 460 g/mol. The minimum absolute atomic E-state index is 0.441. The van der Waals surface area contributed by atoms with Crippen molar-refractivity contribution < 1.29 is 32.2 Å². The van der Waals surface area contributed by atoms with Gasteiger partial charge < -0.3 is 14.8 Å². The highest BCUT2D eigenvalue weighted by Crippen LogP contribution is 2.37. The van der Waals surface area contributed by atoms with Crippen LogP contribution in [0.1, 0.15) is 66.4 Å². The molecule has 1 saturated heterocycles. The summed E-state index contributed by atoms with van der Waals surface area (Å²) in [5.74, 6) is -1.87. The van der Waals surface area contributed by atoms with E-state index in [0.29, 0.717) is 13.0 Å². The van der Waals surface area contributed by atoms with Crippen LogP contribution in [0, 0.1) is 5.92 Å². The van der Waals surface area contributed by atoms with Crippen molar-refractivity contribution in [3.8, 4) is 5.88 Å². The Morgan fingerprint density at radius 2 is 1.84 bits per heavy atom. The van der Waals surface area contributed by atoms with Gasteiger partial charge in [-0.2, -0.15) is 13.2 Å². The normalized spacial score (nSPS) is 18.7. The number of aromatic nitrogens is 1. The van der Waals surface area contributed by atoms with E-state index in [1.807, 2.05) is 0 Å². The van der Waals surface area contributed by atoms with Gasteiger partial charge in [-0.25, -0.2) is 9.78 Å². The minimum Gasteiger partial charge on any atom is -0.470 e. The van der Waals surface area contributed by atoms with Crippen LogP contribution >= 0.6 is 0 Å². The van der Waals surface area contributed by atoms with Gasteiger partial charge in [-0.3, -0.25) is 9.69 Å². The van der Waals surface area contributed by atoms with Crippen LogP contribution in [-0.4, -0.2) is 45.8 Å². The number of alkyl halides is 3. The first-order valence-electron chi connectivity index (χ1n) is 10.6. The predicted octanol–water partition coefficient (Wildman–Crippen LogP) is 4.76. The third kappa shape index (κ3) is 6.74. The van der Waals surface area contributed by atoms with Gasteiger partial charge in [0.2, 0.25) is 11.8 Å². The van der Waals surface area contributed by atoms with E-state index in [-0.39, 0.29) is 0 Å². The molecular formula is C22H32F3N3O4. The first-order chi connectivity index (χ1) is 14.6. The first kappa shape index (κ1) is 25.7. The van der Waals surface area contributed by atoms with Crippen molar-refractivity contribution in [2.24, 2.45) is 5.92 Å². The average Bonchev–Trinajstić information content (AvgIpc) is 2.65. The molecule has 7 nitrogen and oxygen atoms in total. The number of carbonyl (C=O) groups is 2. The number of piperidine rings is 1. The van der Waals surface area contributed by atoms with Crippen molar-refractivity contribution in [3.05, 3.63) is 23.9 Å². The number of hydrogen-bond donors (Lipinski definition) is 1. The maximum atomic E-state index is 13.3. The number of nitrogens with one attached hydrogen (secondary N) is 1. The van der Waals surface area contributed by atoms with Crippen LogP contribution in [0.3, 0.4) is 0 Å². The van der Waals surface area contributed by atoms with E-state index in [9.17, 15) is 22.8 Å². The second-order valence-corrected chi connectivity index (χ2v) is 9.47. The summed E-state index contributed by atoms with van der Waals surface area (Å²) in [6.45, 7) is 10.3. The third-order valence-electron chi connectivity index (χ3n) is 5.31. The van der Waals surface area contributed by atoms with Crippen LogP contribution in [0.15, 0.2) is 18.3 Å². The summed E-state index contributed by atoms with van der Waals surface area (Å²) < 4.78 is 50.9. The highest BCUT2D eigenvalue weighted by molar-refractivity contribution is 5.80. The Hall–Kier alpha value is -2.52. The number of amides is 2. The van der Waals surface area contributed by atoms with E-state index < -0.39 is 52.9 Å². The summed E-state index contributed by atoms with van der Waals surface area (Å²) in [6.07, 6.45) is -2.36. The number of rotatable bonds is 5. The number of carbonyl (C=O) groups excluding carboxylic acids is 2. The molecule has 1 aliphatic rings. The Balaban J connectivity index is 2.12. The maximum absolute atomic E-state index is 13.3. The molecule has 0 aliphatic carbocycles. The molecule has 1 aromatic rings. The quantitative estimate of drug-likeness (QED) is 0.687. The van der Waals surface area contributed by atoms with Gasteiger partial charge in [-0.05, 0) is 72.9 Å². The lowest BCUT2D eigenvalue weighted by molar-refractivity contribution is -0.141. The molecule has 0 bridgehead atoms. The first-order valence-corrected chi connectivity index (χ1v) is 10.6. The molecule has 10 heteroatoms. The number of pyridine rings is 1. The van der Waals surface area contributed by atoms with E-state index >= 15 is 0 Å². The Morgan fingerprint density at radius 3 is 2.44 bits per heavy atom. The summed E-state index contributed by atoms with van der Waals surface area (Å²) >= 11 is 0. The van der Waals surface area contributed by atoms with Crippen LogP contribution in [0.2, 0.25) is 0 Å². The number of ether oxygens (including phenoxy) is 2. The molecule has 2 rings (SSSR count). The van der Waals surface area contributed by atoms with Crippen molar-refractivity contribution >= 4 is 12.0 Å². The Bertz CT molecular complexity index is 821. The van der Waals surface area contributed by atoms with E-state index in [1.165, 1.54) is 31.0 Å². The van der Waals surface area contributed by atoms with E-state index in [4.69, 9.17) is 9.47 Å². The molecular weight excluding hydrogens is 427 g/mol. The summed E-state index contributed by atoms with van der Waals surface area (Å²) in [5.41, 5.74) is -2.99. The van der Waals surface area contributed by atoms with Gasteiger partial charge in [-0.15, -0.1) is 0 Å². The summed E-state index contributed by atoms with van der Waals surface area (Å²) in [6, 6.07) is 2.05. The van der Waals surface area contributed by atoms with Crippen molar-refractivity contribution in [1.29, 1.82) is 0 Å². The third-order valence-corrected chi connectivity index (χ3v) is 5.31. The Labute approximate surface area is 186 Å². The van der Waals surface area contributed by atoms with Crippen LogP contribution in [0.5, 0.6) is 5.88 Å². The van der Waals surface area contributed by atoms with Crippen LogP contribution in [0.25, 0.3) is 0 Å². The van der Waals surface area contributed by atoms with Gasteiger partial charge in [0.25, 0.3) is 0 Å². The molecule has 1 aliphatic heterocycles. The molecule has 2 amide bonds. The van der Waals surface area contributed by atoms with E-state index in [0.717, 1.165) is 18.9 Å². The zero-order valence-corrected chi connectivity index (χ0v) is 19.4. The van der Waals surface area contributed by atoms with Gasteiger partial charge >= 0.3 is 12.3 Å². The highest BCUT2D eigenvalue weighted by atomic mass is 19.4. The standard InChI is InChI=1S/C22H32F3N3O4/c1-14(21(5,6)31-18-15(22(23,24)25)10-9-12-26-18)17(29)27-16-11-7-8-13-28(16)19(30)32-20(2,3)4/h9-10,12,14,16H,7-8,11,13H2,1-6H3,(H,27,29). The van der Waals surface area contributed by atoms with E-state index in [2.05, 4.69) is 10.3 Å². The molecule has 0 saturated carbocycles. The Kier molecular flexibility index (Phi) is 7.67. The topological polar surface area (TPSA) is 80.8 Å². The van der Waals surface area contributed by atoms with Crippen molar-refractivity contribution in [2.45, 2.75) is 84.3 Å². The number of likely N-dealkylation sites (tertiary alicyclic amines) is 1. The van der Waals surface area contributed by atoms with Crippen LogP contribution in [0.4, 0.5) is 18.0 Å². The molecule has 1 N–H and O–H groups in total. The summed E-state index contributed by atoms with van der Waals surface area (Å²) in [4.78, 5) is 30.7. The highest BCUT2D eigenvalue weighted by Gasteiger charge is 2.41. The molecule has 2 heterocycles. The molecule has 0 aromatic carbocycles.